The van der Waals surface area contributed by atoms with Crippen LogP contribution in [0.15, 0.2) is 28.9 Å². The first-order chi connectivity index (χ1) is 17.6. The lowest BCUT2D eigenvalue weighted by Crippen LogP contribution is -2.47. The fourth-order valence-corrected chi connectivity index (χ4v) is 6.32. The Bertz CT molecular complexity index is 1280. The fraction of sp³-hybridized carbons (Fsp3) is 0.481. The molecule has 1 N–H and O–H groups in total. The first-order valence-electron chi connectivity index (χ1n) is 12.6. The molecular weight excluding hydrogens is 540 g/mol. The van der Waals surface area contributed by atoms with Crippen molar-refractivity contribution >= 4 is 56.8 Å². The fourth-order valence-electron chi connectivity index (χ4n) is 5.59. The van der Waals surface area contributed by atoms with Crippen molar-refractivity contribution in [3.8, 4) is 0 Å². The minimum absolute atomic E-state index is 0.0370. The standard InChI is InChI=1S/C27H33BrN4O5/c1-6-31(7-2)25(34)16-11-18-17-9-8-10-20-22(17)19(12-21(18)30(5)13-16)24(28)32(20)26(35)23(15(3)4)29-27(36)37-14-33/h8-11,14-16,21,23H,6-7,12-13H2,1-5H3,(H,29,36)/t16-,21-,23+/m1/s1. The summed E-state index contributed by atoms with van der Waals surface area (Å²) in [6.07, 6.45) is 1.82. The number of rotatable bonds is 7. The predicted octanol–water partition coefficient (Wildman–Crippen LogP) is 3.69. The van der Waals surface area contributed by atoms with Gasteiger partial charge in [-0.1, -0.05) is 32.1 Å². The van der Waals surface area contributed by atoms with Crippen LogP contribution in [-0.4, -0.2) is 77.5 Å². The number of carbonyl (C=O) groups excluding carboxylic acids is 4. The lowest BCUT2D eigenvalue weighted by atomic mass is 9.79. The molecule has 0 radical (unpaired) electrons. The highest BCUT2D eigenvalue weighted by Gasteiger charge is 2.39. The van der Waals surface area contributed by atoms with Crippen LogP contribution in [0, 0.1) is 11.8 Å². The number of aromatic nitrogens is 1. The van der Waals surface area contributed by atoms with E-state index in [1.165, 1.54) is 0 Å². The zero-order valence-electron chi connectivity index (χ0n) is 21.8. The van der Waals surface area contributed by atoms with Gasteiger partial charge in [0, 0.05) is 31.1 Å². The molecule has 1 aliphatic heterocycles. The quantitative estimate of drug-likeness (QED) is 0.401. The molecule has 1 aliphatic carbocycles. The van der Waals surface area contributed by atoms with Gasteiger partial charge < -0.3 is 15.0 Å². The lowest BCUT2D eigenvalue weighted by molar-refractivity contribution is -0.134. The number of nitrogens with one attached hydrogen (secondary N) is 1. The van der Waals surface area contributed by atoms with Gasteiger partial charge in [-0.2, -0.15) is 0 Å². The molecule has 0 fully saturated rings. The highest BCUT2D eigenvalue weighted by molar-refractivity contribution is 9.10. The molecule has 2 heterocycles. The molecule has 1 aromatic carbocycles. The van der Waals surface area contributed by atoms with Gasteiger partial charge in [0.25, 0.3) is 5.91 Å². The largest absolute Gasteiger partial charge is 0.415 e. The molecule has 198 valence electrons. The van der Waals surface area contributed by atoms with E-state index in [1.54, 1.807) is 4.57 Å². The van der Waals surface area contributed by atoms with Crippen molar-refractivity contribution in [2.45, 2.75) is 46.2 Å². The Morgan fingerprint density at radius 1 is 1.24 bits per heavy atom. The second-order valence-corrected chi connectivity index (χ2v) is 10.7. The summed E-state index contributed by atoms with van der Waals surface area (Å²) in [5, 5.41) is 3.48. The Balaban J connectivity index is 1.82. The summed E-state index contributed by atoms with van der Waals surface area (Å²) >= 11 is 3.69. The summed E-state index contributed by atoms with van der Waals surface area (Å²) in [5.41, 5.74) is 3.84. The number of hydrogen-bond acceptors (Lipinski definition) is 6. The number of likely N-dealkylation sites (N-methyl/N-ethyl adjacent to an activating group) is 1. The van der Waals surface area contributed by atoms with E-state index in [0.717, 1.165) is 27.6 Å². The third-order valence-electron chi connectivity index (χ3n) is 7.47. The van der Waals surface area contributed by atoms with E-state index in [0.29, 0.717) is 30.7 Å². The van der Waals surface area contributed by atoms with Crippen molar-refractivity contribution in [1.29, 1.82) is 0 Å². The molecule has 9 nitrogen and oxygen atoms in total. The number of benzene rings is 1. The van der Waals surface area contributed by atoms with Crippen molar-refractivity contribution in [1.82, 2.24) is 19.7 Å². The van der Waals surface area contributed by atoms with Gasteiger partial charge >= 0.3 is 12.6 Å². The average molecular weight is 573 g/mol. The summed E-state index contributed by atoms with van der Waals surface area (Å²) in [7, 11) is 2.04. The number of hydrogen-bond donors (Lipinski definition) is 1. The van der Waals surface area contributed by atoms with Crippen LogP contribution in [0.3, 0.4) is 0 Å². The average Bonchev–Trinajstić information content (AvgIpc) is 3.15. The van der Waals surface area contributed by atoms with Crippen molar-refractivity contribution < 1.29 is 23.9 Å². The maximum absolute atomic E-state index is 13.8. The highest BCUT2D eigenvalue weighted by Crippen LogP contribution is 2.45. The van der Waals surface area contributed by atoms with Crippen LogP contribution in [0.2, 0.25) is 0 Å². The van der Waals surface area contributed by atoms with Crippen molar-refractivity contribution in [3.63, 3.8) is 0 Å². The van der Waals surface area contributed by atoms with Crippen LogP contribution >= 0.6 is 15.9 Å². The second kappa shape index (κ2) is 10.8. The number of halogens is 1. The number of fused-ring (bicyclic) bond motifs is 2. The van der Waals surface area contributed by atoms with Crippen LogP contribution in [-0.2, 0) is 20.7 Å². The predicted molar refractivity (Wildman–Crippen MR) is 144 cm³/mol. The molecule has 0 saturated heterocycles. The van der Waals surface area contributed by atoms with Crippen molar-refractivity contribution in [3.05, 3.63) is 40.0 Å². The van der Waals surface area contributed by atoms with E-state index in [2.05, 4.69) is 37.0 Å². The van der Waals surface area contributed by atoms with E-state index in [9.17, 15) is 19.2 Å². The molecule has 4 rings (SSSR count). The Labute approximate surface area is 224 Å². The Kier molecular flexibility index (Phi) is 7.89. The molecule has 0 unspecified atom stereocenters. The van der Waals surface area contributed by atoms with Gasteiger partial charge in [-0.05, 0) is 71.9 Å². The van der Waals surface area contributed by atoms with E-state index in [4.69, 9.17) is 0 Å². The molecule has 1 aromatic heterocycles. The minimum Gasteiger partial charge on any atom is -0.379 e. The monoisotopic (exact) mass is 572 g/mol. The number of alkyl carbamates (subject to hydrolysis) is 1. The van der Waals surface area contributed by atoms with Crippen LogP contribution in [0.25, 0.3) is 16.5 Å². The van der Waals surface area contributed by atoms with Crippen LogP contribution in [0.4, 0.5) is 4.79 Å². The third kappa shape index (κ3) is 4.72. The Hall–Kier alpha value is -2.98. The zero-order valence-corrected chi connectivity index (χ0v) is 23.4. The maximum atomic E-state index is 13.8. The molecule has 0 saturated carbocycles. The Morgan fingerprint density at radius 2 is 1.95 bits per heavy atom. The van der Waals surface area contributed by atoms with Gasteiger partial charge in [-0.25, -0.2) is 4.79 Å². The van der Waals surface area contributed by atoms with Gasteiger partial charge in [0.1, 0.15) is 6.04 Å². The lowest BCUT2D eigenvalue weighted by Gasteiger charge is -2.40. The molecule has 2 amide bonds. The van der Waals surface area contributed by atoms with Crippen LogP contribution < -0.4 is 5.32 Å². The topological polar surface area (TPSA) is 101 Å². The van der Waals surface area contributed by atoms with Crippen LogP contribution in [0.5, 0.6) is 0 Å². The first-order valence-corrected chi connectivity index (χ1v) is 13.4. The van der Waals surface area contributed by atoms with Crippen LogP contribution in [0.1, 0.15) is 43.6 Å². The Morgan fingerprint density at radius 3 is 2.57 bits per heavy atom. The zero-order chi connectivity index (χ0) is 27.0. The van der Waals surface area contributed by atoms with Gasteiger partial charge in [0.2, 0.25) is 5.91 Å². The van der Waals surface area contributed by atoms with E-state index >= 15 is 0 Å². The molecule has 2 aliphatic rings. The minimum atomic E-state index is -0.971. The molecule has 2 aromatic rings. The van der Waals surface area contributed by atoms with Crippen molar-refractivity contribution in [2.24, 2.45) is 11.8 Å². The smallest absolute Gasteiger partial charge is 0.379 e. The van der Waals surface area contributed by atoms with E-state index in [-0.39, 0.29) is 36.2 Å². The first kappa shape index (κ1) is 27.1. The maximum Gasteiger partial charge on any atom is 0.415 e. The van der Waals surface area contributed by atoms with Gasteiger partial charge in [-0.3, -0.25) is 23.9 Å². The van der Waals surface area contributed by atoms with Gasteiger partial charge in [-0.15, -0.1) is 0 Å². The summed E-state index contributed by atoms with van der Waals surface area (Å²) in [6.45, 7) is 9.62. The molecule has 0 bridgehead atoms. The number of carbonyl (C=O) groups is 4. The van der Waals surface area contributed by atoms with Gasteiger partial charge in [0.05, 0.1) is 16.0 Å². The normalized spacial score (nSPS) is 19.7. The van der Waals surface area contributed by atoms with Crippen molar-refractivity contribution in [2.75, 3.05) is 26.7 Å². The number of amides is 2. The summed E-state index contributed by atoms with van der Waals surface area (Å²) < 4.78 is 6.61. The SMILES string of the molecule is CCN(CC)C(=O)[C@@H]1C=C2c3cccc4c3c(c(Br)n4C(=O)[C@@H](NC(=O)OC=O)C(C)C)C[C@H]2N(C)C1. The molecule has 10 heteroatoms. The molecular formula is C27H33BrN4O5. The van der Waals surface area contributed by atoms with Gasteiger partial charge in [0.15, 0.2) is 0 Å². The summed E-state index contributed by atoms with van der Waals surface area (Å²) in [4.78, 5) is 53.7. The van der Waals surface area contributed by atoms with E-state index < -0.39 is 12.1 Å². The molecule has 37 heavy (non-hydrogen) atoms. The van der Waals surface area contributed by atoms with E-state index in [1.807, 2.05) is 57.8 Å². The molecule has 3 atom stereocenters. The summed E-state index contributed by atoms with van der Waals surface area (Å²) in [5.74, 6) is -0.697. The second-order valence-electron chi connectivity index (χ2n) is 9.91. The summed E-state index contributed by atoms with van der Waals surface area (Å²) in [6, 6.07) is 5.01. The number of nitrogens with zero attached hydrogens (tertiary/aromatic N) is 3. The molecule has 0 spiro atoms. The third-order valence-corrected chi connectivity index (χ3v) is 8.30. The highest BCUT2D eigenvalue weighted by atomic mass is 79.9. The number of ether oxygens (including phenoxy) is 1.